The Bertz CT molecular complexity index is 1040. The molecule has 0 fully saturated rings. The topological polar surface area (TPSA) is 75.4 Å². The van der Waals surface area contributed by atoms with Crippen molar-refractivity contribution in [2.75, 3.05) is 16.8 Å². The minimum absolute atomic E-state index is 0.0780. The Morgan fingerprint density at radius 1 is 1.10 bits per heavy atom. The molecule has 0 spiro atoms. The van der Waals surface area contributed by atoms with Gasteiger partial charge in [-0.2, -0.15) is 0 Å². The zero-order valence-corrected chi connectivity index (χ0v) is 16.5. The van der Waals surface area contributed by atoms with Crippen LogP contribution in [0.25, 0.3) is 11.3 Å². The molecule has 0 bridgehead atoms. The van der Waals surface area contributed by atoms with E-state index >= 15 is 0 Å². The summed E-state index contributed by atoms with van der Waals surface area (Å²) in [6.07, 6.45) is 1.87. The van der Waals surface area contributed by atoms with Crippen molar-refractivity contribution in [3.63, 3.8) is 0 Å². The van der Waals surface area contributed by atoms with Crippen molar-refractivity contribution in [1.82, 2.24) is 5.16 Å². The number of aromatic nitrogens is 1. The summed E-state index contributed by atoms with van der Waals surface area (Å²) in [5.41, 5.74) is 3.68. The van der Waals surface area contributed by atoms with Crippen LogP contribution in [-0.4, -0.2) is 23.5 Å². The van der Waals surface area contributed by atoms with Gasteiger partial charge in [0.1, 0.15) is 0 Å². The van der Waals surface area contributed by atoms with E-state index in [1.807, 2.05) is 67.3 Å². The molecular weight excluding hydrogens is 366 g/mol. The summed E-state index contributed by atoms with van der Waals surface area (Å²) in [5, 5.41) is 6.75. The lowest BCUT2D eigenvalue weighted by molar-refractivity contribution is -0.121. The molecule has 0 radical (unpaired) electrons. The molecule has 0 saturated heterocycles. The number of rotatable bonds is 4. The summed E-state index contributed by atoms with van der Waals surface area (Å²) < 4.78 is 5.31. The number of nitrogens with zero attached hydrogens (tertiary/aromatic N) is 2. The molecule has 0 saturated carbocycles. The van der Waals surface area contributed by atoms with Crippen LogP contribution in [0.1, 0.15) is 36.3 Å². The summed E-state index contributed by atoms with van der Waals surface area (Å²) in [4.78, 5) is 27.0. The molecule has 1 aliphatic rings. The highest BCUT2D eigenvalue weighted by atomic mass is 16.5. The van der Waals surface area contributed by atoms with Crippen molar-refractivity contribution in [1.29, 1.82) is 0 Å². The van der Waals surface area contributed by atoms with Gasteiger partial charge in [-0.3, -0.25) is 9.59 Å². The Morgan fingerprint density at radius 3 is 2.66 bits per heavy atom. The third kappa shape index (κ3) is 3.92. The summed E-state index contributed by atoms with van der Waals surface area (Å²) in [5.74, 6) is 0.201. The zero-order valence-electron chi connectivity index (χ0n) is 16.5. The highest BCUT2D eigenvalue weighted by Gasteiger charge is 2.25. The lowest BCUT2D eigenvalue weighted by atomic mass is 9.99. The summed E-state index contributed by atoms with van der Waals surface area (Å²) >= 11 is 0. The Balaban J connectivity index is 1.54. The first kappa shape index (κ1) is 18.9. The molecule has 2 heterocycles. The van der Waals surface area contributed by atoms with Crippen molar-refractivity contribution < 1.29 is 14.1 Å². The summed E-state index contributed by atoms with van der Waals surface area (Å²) in [6.45, 7) is 4.50. The second-order valence-electron chi connectivity index (χ2n) is 7.49. The molecule has 0 atom stereocenters. The van der Waals surface area contributed by atoms with Gasteiger partial charge in [0.05, 0.1) is 0 Å². The van der Waals surface area contributed by atoms with Gasteiger partial charge in [0.2, 0.25) is 5.91 Å². The first-order valence-electron chi connectivity index (χ1n) is 9.80. The van der Waals surface area contributed by atoms with Gasteiger partial charge in [-0.05, 0) is 30.5 Å². The minimum Gasteiger partial charge on any atom is -0.355 e. The number of carbonyl (C=O) groups excluding carboxylic acids is 2. The molecule has 4 rings (SSSR count). The molecule has 1 aliphatic heterocycles. The molecule has 148 valence electrons. The number of amides is 2. The van der Waals surface area contributed by atoms with Crippen molar-refractivity contribution in [2.45, 2.75) is 26.7 Å². The zero-order chi connectivity index (χ0) is 20.4. The predicted molar refractivity (Wildman–Crippen MR) is 112 cm³/mol. The van der Waals surface area contributed by atoms with Crippen LogP contribution in [0.2, 0.25) is 0 Å². The van der Waals surface area contributed by atoms with E-state index in [9.17, 15) is 9.59 Å². The Kier molecular flexibility index (Phi) is 5.16. The van der Waals surface area contributed by atoms with Crippen LogP contribution >= 0.6 is 0 Å². The molecule has 6 nitrogen and oxygen atoms in total. The number of nitrogens with one attached hydrogen (secondary N) is 1. The third-order valence-electron chi connectivity index (χ3n) is 5.02. The summed E-state index contributed by atoms with van der Waals surface area (Å²) in [6, 6.07) is 16.8. The smallest absolute Gasteiger partial charge is 0.277 e. The van der Waals surface area contributed by atoms with Crippen LogP contribution in [0.3, 0.4) is 0 Å². The van der Waals surface area contributed by atoms with E-state index in [4.69, 9.17) is 4.52 Å². The largest absolute Gasteiger partial charge is 0.355 e. The maximum atomic E-state index is 12.6. The van der Waals surface area contributed by atoms with Gasteiger partial charge in [0, 0.05) is 35.5 Å². The van der Waals surface area contributed by atoms with Gasteiger partial charge in [-0.1, -0.05) is 55.4 Å². The van der Waals surface area contributed by atoms with Crippen molar-refractivity contribution in [2.24, 2.45) is 5.92 Å². The van der Waals surface area contributed by atoms with Crippen molar-refractivity contribution in [3.8, 4) is 11.3 Å². The fourth-order valence-electron chi connectivity index (χ4n) is 3.51. The first-order valence-corrected chi connectivity index (χ1v) is 9.80. The quantitative estimate of drug-likeness (QED) is 0.711. The monoisotopic (exact) mass is 389 g/mol. The van der Waals surface area contributed by atoms with E-state index in [0.29, 0.717) is 18.0 Å². The molecular formula is C23H23N3O3. The number of benzene rings is 2. The van der Waals surface area contributed by atoms with Crippen molar-refractivity contribution in [3.05, 3.63) is 65.9 Å². The lowest BCUT2D eigenvalue weighted by Crippen LogP contribution is -2.38. The number of hydrogen-bond acceptors (Lipinski definition) is 4. The molecule has 2 aromatic carbocycles. The molecule has 29 heavy (non-hydrogen) atoms. The molecule has 2 amide bonds. The average molecular weight is 389 g/mol. The van der Waals surface area contributed by atoms with Crippen LogP contribution in [0, 0.1) is 5.92 Å². The third-order valence-corrected chi connectivity index (χ3v) is 5.02. The van der Waals surface area contributed by atoms with Gasteiger partial charge in [-0.25, -0.2) is 0 Å². The highest BCUT2D eigenvalue weighted by Crippen LogP contribution is 2.31. The number of carbonyl (C=O) groups is 2. The number of anilines is 2. The van der Waals surface area contributed by atoms with E-state index in [0.717, 1.165) is 29.7 Å². The standard InChI is InChI=1S/C23H23N3O3/c1-15(2)23(28)26-12-6-9-16-10-11-18(13-20(16)26)24-22(27)19-14-21(29-25-19)17-7-4-3-5-8-17/h3-5,7-8,10-11,13-15H,6,9,12H2,1-2H3,(H,24,27). The van der Waals surface area contributed by atoms with E-state index < -0.39 is 0 Å². The predicted octanol–water partition coefficient (Wildman–Crippen LogP) is 4.53. The van der Waals surface area contributed by atoms with Gasteiger partial charge in [-0.15, -0.1) is 0 Å². The average Bonchev–Trinajstić information content (AvgIpc) is 3.24. The Hall–Kier alpha value is -3.41. The van der Waals surface area contributed by atoms with Crippen LogP contribution in [0.15, 0.2) is 59.1 Å². The SMILES string of the molecule is CC(C)C(=O)N1CCCc2ccc(NC(=O)c3cc(-c4ccccc4)on3)cc21. The number of fused-ring (bicyclic) bond motifs is 1. The second-order valence-corrected chi connectivity index (χ2v) is 7.49. The van der Waals surface area contributed by atoms with Gasteiger partial charge >= 0.3 is 0 Å². The number of aryl methyl sites for hydroxylation is 1. The highest BCUT2D eigenvalue weighted by molar-refractivity contribution is 6.04. The fourth-order valence-corrected chi connectivity index (χ4v) is 3.51. The maximum absolute atomic E-state index is 12.6. The molecule has 3 aromatic rings. The van der Waals surface area contributed by atoms with Gasteiger partial charge < -0.3 is 14.7 Å². The molecule has 1 aromatic heterocycles. The van der Waals surface area contributed by atoms with Crippen molar-refractivity contribution >= 4 is 23.2 Å². The van der Waals surface area contributed by atoms with Crippen LogP contribution < -0.4 is 10.2 Å². The number of hydrogen-bond donors (Lipinski definition) is 1. The molecule has 0 aliphatic carbocycles. The van der Waals surface area contributed by atoms with E-state index in [-0.39, 0.29) is 23.4 Å². The minimum atomic E-state index is -0.353. The van der Waals surface area contributed by atoms with Crippen LogP contribution in [0.4, 0.5) is 11.4 Å². The maximum Gasteiger partial charge on any atom is 0.277 e. The van der Waals surface area contributed by atoms with Crippen LogP contribution in [-0.2, 0) is 11.2 Å². The Morgan fingerprint density at radius 2 is 1.90 bits per heavy atom. The van der Waals surface area contributed by atoms with E-state index in [1.165, 1.54) is 0 Å². The molecule has 1 N–H and O–H groups in total. The van der Waals surface area contributed by atoms with E-state index in [1.54, 1.807) is 6.07 Å². The van der Waals surface area contributed by atoms with Gasteiger partial charge in [0.15, 0.2) is 11.5 Å². The first-order chi connectivity index (χ1) is 14.0. The molecule has 0 unspecified atom stereocenters. The van der Waals surface area contributed by atoms with Gasteiger partial charge in [0.25, 0.3) is 5.91 Å². The summed E-state index contributed by atoms with van der Waals surface area (Å²) in [7, 11) is 0. The lowest BCUT2D eigenvalue weighted by Gasteiger charge is -2.31. The van der Waals surface area contributed by atoms with E-state index in [2.05, 4.69) is 10.5 Å². The normalized spacial score (nSPS) is 13.3. The second kappa shape index (κ2) is 7.91. The fraction of sp³-hybridized carbons (Fsp3) is 0.261. The molecule has 6 heteroatoms. The Labute approximate surface area is 169 Å². The van der Waals surface area contributed by atoms with Crippen LogP contribution in [0.5, 0.6) is 0 Å².